The molecule has 1 heterocycles. The second-order valence-corrected chi connectivity index (χ2v) is 6.88. The molecule has 5 heteroatoms. The lowest BCUT2D eigenvalue weighted by molar-refractivity contribution is 0.0234. The molecule has 2 rings (SSSR count). The van der Waals surface area contributed by atoms with Gasteiger partial charge in [0.1, 0.15) is 5.60 Å². The Labute approximate surface area is 122 Å². The molecule has 0 radical (unpaired) electrons. The molecule has 2 fully saturated rings. The van der Waals surface area contributed by atoms with Crippen molar-refractivity contribution in [3.63, 3.8) is 0 Å². The largest absolute Gasteiger partial charge is 0.444 e. The van der Waals surface area contributed by atoms with Gasteiger partial charge in [0.05, 0.1) is 0 Å². The van der Waals surface area contributed by atoms with E-state index in [9.17, 15) is 4.79 Å². The number of ether oxygens (including phenoxy) is 1. The topological polar surface area (TPSA) is 53.6 Å². The number of carbonyl (C=O) groups is 1. The Kier molecular flexibility index (Phi) is 5.27. The van der Waals surface area contributed by atoms with Crippen molar-refractivity contribution in [2.24, 2.45) is 0 Å². The van der Waals surface area contributed by atoms with E-state index in [2.05, 4.69) is 10.6 Å². The maximum absolute atomic E-state index is 12.2. The standard InChI is InChI=1S/C15H29N3O2/c1-15(2,3)20-14(19)18(13-4-5-13)11-10-17-12-6-8-16-9-7-12/h12-13,16-17H,4-11H2,1-3H3. The molecule has 5 nitrogen and oxygen atoms in total. The molecule has 1 saturated carbocycles. The number of piperidine rings is 1. The van der Waals surface area contributed by atoms with Gasteiger partial charge in [0.15, 0.2) is 0 Å². The Balaban J connectivity index is 1.73. The van der Waals surface area contributed by atoms with E-state index in [1.54, 1.807) is 0 Å². The Bertz CT molecular complexity index is 318. The van der Waals surface area contributed by atoms with Gasteiger partial charge in [0.2, 0.25) is 0 Å². The van der Waals surface area contributed by atoms with Gasteiger partial charge in [-0.3, -0.25) is 0 Å². The molecule has 0 unspecified atom stereocenters. The summed E-state index contributed by atoms with van der Waals surface area (Å²) in [6, 6.07) is 0.996. The Morgan fingerprint density at radius 3 is 2.45 bits per heavy atom. The van der Waals surface area contributed by atoms with E-state index >= 15 is 0 Å². The summed E-state index contributed by atoms with van der Waals surface area (Å²) in [7, 11) is 0. The molecule has 0 aromatic rings. The van der Waals surface area contributed by atoms with Gasteiger partial charge in [-0.2, -0.15) is 0 Å². The number of nitrogens with one attached hydrogen (secondary N) is 2. The van der Waals surface area contributed by atoms with Crippen LogP contribution in [0.3, 0.4) is 0 Å². The third-order valence-electron chi connectivity index (χ3n) is 3.74. The van der Waals surface area contributed by atoms with Crippen LogP contribution in [0.15, 0.2) is 0 Å². The summed E-state index contributed by atoms with van der Waals surface area (Å²) in [4.78, 5) is 14.1. The summed E-state index contributed by atoms with van der Waals surface area (Å²) in [6.45, 7) is 9.56. The molecule has 0 atom stereocenters. The van der Waals surface area contributed by atoms with Crippen molar-refractivity contribution >= 4 is 6.09 Å². The number of carbonyl (C=O) groups excluding carboxylic acids is 1. The maximum atomic E-state index is 12.2. The molecular formula is C15H29N3O2. The lowest BCUT2D eigenvalue weighted by atomic mass is 10.1. The highest BCUT2D eigenvalue weighted by molar-refractivity contribution is 5.69. The minimum atomic E-state index is -0.410. The summed E-state index contributed by atoms with van der Waals surface area (Å²) >= 11 is 0. The van der Waals surface area contributed by atoms with Crippen molar-refractivity contribution in [1.29, 1.82) is 0 Å². The molecule has 1 aliphatic heterocycles. The van der Waals surface area contributed by atoms with E-state index in [0.717, 1.165) is 39.0 Å². The highest BCUT2D eigenvalue weighted by Gasteiger charge is 2.34. The van der Waals surface area contributed by atoms with Gasteiger partial charge in [-0.15, -0.1) is 0 Å². The van der Waals surface area contributed by atoms with Crippen LogP contribution in [0.5, 0.6) is 0 Å². The van der Waals surface area contributed by atoms with E-state index in [1.165, 1.54) is 12.8 Å². The van der Waals surface area contributed by atoms with Crippen molar-refractivity contribution in [2.45, 2.75) is 64.1 Å². The van der Waals surface area contributed by atoms with Gasteiger partial charge in [-0.25, -0.2) is 4.79 Å². The maximum Gasteiger partial charge on any atom is 0.410 e. The van der Waals surface area contributed by atoms with E-state index < -0.39 is 5.60 Å². The fourth-order valence-corrected chi connectivity index (χ4v) is 2.54. The fraction of sp³-hybridized carbons (Fsp3) is 0.933. The van der Waals surface area contributed by atoms with Crippen LogP contribution in [0, 0.1) is 0 Å². The molecule has 20 heavy (non-hydrogen) atoms. The molecule has 1 amide bonds. The van der Waals surface area contributed by atoms with Crippen LogP contribution in [0.4, 0.5) is 4.79 Å². The predicted molar refractivity (Wildman–Crippen MR) is 79.9 cm³/mol. The van der Waals surface area contributed by atoms with Crippen molar-refractivity contribution in [3.8, 4) is 0 Å². The Morgan fingerprint density at radius 1 is 1.25 bits per heavy atom. The normalized spacial score (nSPS) is 20.8. The monoisotopic (exact) mass is 283 g/mol. The van der Waals surface area contributed by atoms with Gasteiger partial charge in [-0.1, -0.05) is 0 Å². The summed E-state index contributed by atoms with van der Waals surface area (Å²) in [5.41, 5.74) is -0.410. The molecule has 1 aliphatic carbocycles. The Hall–Kier alpha value is -0.810. The average Bonchev–Trinajstić information content (AvgIpc) is 3.18. The average molecular weight is 283 g/mol. The molecule has 0 aromatic carbocycles. The molecule has 1 saturated heterocycles. The highest BCUT2D eigenvalue weighted by atomic mass is 16.6. The number of rotatable bonds is 5. The number of nitrogens with zero attached hydrogens (tertiary/aromatic N) is 1. The van der Waals surface area contributed by atoms with Crippen molar-refractivity contribution in [2.75, 3.05) is 26.2 Å². The second-order valence-electron chi connectivity index (χ2n) is 6.88. The summed E-state index contributed by atoms with van der Waals surface area (Å²) < 4.78 is 5.49. The fourth-order valence-electron chi connectivity index (χ4n) is 2.54. The van der Waals surface area contributed by atoms with Gasteiger partial charge in [0.25, 0.3) is 0 Å². The quantitative estimate of drug-likeness (QED) is 0.807. The molecule has 0 bridgehead atoms. The smallest absolute Gasteiger partial charge is 0.410 e. The van der Waals surface area contributed by atoms with Crippen LogP contribution < -0.4 is 10.6 Å². The first-order valence-electron chi connectivity index (χ1n) is 7.89. The third-order valence-corrected chi connectivity index (χ3v) is 3.74. The van der Waals surface area contributed by atoms with Gasteiger partial charge >= 0.3 is 6.09 Å². The van der Waals surface area contributed by atoms with Crippen LogP contribution >= 0.6 is 0 Å². The van der Waals surface area contributed by atoms with Crippen LogP contribution in [-0.2, 0) is 4.74 Å². The van der Waals surface area contributed by atoms with Crippen LogP contribution in [-0.4, -0.2) is 54.9 Å². The first kappa shape index (κ1) is 15.6. The lowest BCUT2D eigenvalue weighted by Gasteiger charge is -2.29. The van der Waals surface area contributed by atoms with Crippen molar-refractivity contribution in [3.05, 3.63) is 0 Å². The minimum absolute atomic E-state index is 0.160. The molecule has 2 N–H and O–H groups in total. The number of hydrogen-bond acceptors (Lipinski definition) is 4. The molecular weight excluding hydrogens is 254 g/mol. The molecule has 0 aromatic heterocycles. The summed E-state index contributed by atoms with van der Waals surface area (Å²) in [5, 5.41) is 6.92. The summed E-state index contributed by atoms with van der Waals surface area (Å²) in [6.07, 6.45) is 4.43. The second kappa shape index (κ2) is 6.76. The van der Waals surface area contributed by atoms with Crippen LogP contribution in [0.25, 0.3) is 0 Å². The predicted octanol–water partition coefficient (Wildman–Crippen LogP) is 1.73. The minimum Gasteiger partial charge on any atom is -0.444 e. The van der Waals surface area contributed by atoms with E-state index in [1.807, 2.05) is 25.7 Å². The SMILES string of the molecule is CC(C)(C)OC(=O)N(CCNC1CCNCC1)C1CC1. The van der Waals surface area contributed by atoms with E-state index in [4.69, 9.17) is 4.74 Å². The number of amides is 1. The Morgan fingerprint density at radius 2 is 1.90 bits per heavy atom. The van der Waals surface area contributed by atoms with Gasteiger partial charge < -0.3 is 20.3 Å². The zero-order valence-corrected chi connectivity index (χ0v) is 13.1. The van der Waals surface area contributed by atoms with Crippen LogP contribution in [0.2, 0.25) is 0 Å². The first-order valence-corrected chi connectivity index (χ1v) is 7.89. The zero-order valence-electron chi connectivity index (χ0n) is 13.1. The van der Waals surface area contributed by atoms with E-state index in [0.29, 0.717) is 12.1 Å². The van der Waals surface area contributed by atoms with Crippen molar-refractivity contribution < 1.29 is 9.53 Å². The molecule has 0 spiro atoms. The molecule has 2 aliphatic rings. The highest BCUT2D eigenvalue weighted by Crippen LogP contribution is 2.28. The third kappa shape index (κ3) is 5.29. The van der Waals surface area contributed by atoms with E-state index in [-0.39, 0.29) is 6.09 Å². The first-order chi connectivity index (χ1) is 9.46. The van der Waals surface area contributed by atoms with Gasteiger partial charge in [-0.05, 0) is 59.5 Å². The van der Waals surface area contributed by atoms with Crippen LogP contribution in [0.1, 0.15) is 46.5 Å². The summed E-state index contributed by atoms with van der Waals surface area (Å²) in [5.74, 6) is 0. The molecule has 116 valence electrons. The van der Waals surface area contributed by atoms with Crippen molar-refractivity contribution in [1.82, 2.24) is 15.5 Å². The zero-order chi connectivity index (χ0) is 14.6. The van der Waals surface area contributed by atoms with Gasteiger partial charge in [0, 0.05) is 25.2 Å². The number of hydrogen-bond donors (Lipinski definition) is 2. The lowest BCUT2D eigenvalue weighted by Crippen LogP contribution is -2.45.